The molecule has 5 nitrogen and oxygen atoms in total. The molecule has 0 amide bonds. The van der Waals surface area contributed by atoms with Crippen LogP contribution in [-0.2, 0) is 7.05 Å². The Morgan fingerprint density at radius 2 is 2.11 bits per heavy atom. The fraction of sp³-hybridized carbons (Fsp3) is 0.231. The third-order valence-electron chi connectivity index (χ3n) is 2.68. The summed E-state index contributed by atoms with van der Waals surface area (Å²) < 4.78 is 6.91. The van der Waals surface area contributed by atoms with Crippen LogP contribution < -0.4 is 10.1 Å². The van der Waals surface area contributed by atoms with Crippen LogP contribution in [-0.4, -0.2) is 16.7 Å². The van der Waals surface area contributed by atoms with Crippen LogP contribution in [0.25, 0.3) is 0 Å². The lowest BCUT2D eigenvalue weighted by Crippen LogP contribution is -2.11. The van der Waals surface area contributed by atoms with Gasteiger partial charge in [0, 0.05) is 12.7 Å². The molecule has 1 aromatic carbocycles. The van der Waals surface area contributed by atoms with E-state index in [0.717, 1.165) is 17.1 Å². The van der Waals surface area contributed by atoms with Gasteiger partial charge in [-0.3, -0.25) is 0 Å². The normalized spacial score (nSPS) is 11.6. The van der Waals surface area contributed by atoms with Gasteiger partial charge in [-0.15, -0.1) is 0 Å². The van der Waals surface area contributed by atoms with Crippen LogP contribution >= 0.6 is 0 Å². The molecule has 2 aromatic rings. The van der Waals surface area contributed by atoms with Gasteiger partial charge in [0.25, 0.3) is 0 Å². The number of nitrogens with zero attached hydrogens (tertiary/aromatic N) is 3. The lowest BCUT2D eigenvalue weighted by molar-refractivity contribution is 0.415. The molecule has 1 heterocycles. The molecule has 0 saturated heterocycles. The number of methoxy groups -OCH3 is 1. The maximum atomic E-state index is 9.21. The predicted octanol–water partition coefficient (Wildman–Crippen LogP) is 2.11. The molecule has 0 spiro atoms. The summed E-state index contributed by atoms with van der Waals surface area (Å²) >= 11 is 0. The molecule has 92 valence electrons. The van der Waals surface area contributed by atoms with E-state index in [9.17, 15) is 5.26 Å². The topological polar surface area (TPSA) is 62.9 Å². The number of aryl methyl sites for hydroxylation is 1. The van der Waals surface area contributed by atoms with Gasteiger partial charge in [0.15, 0.2) is 6.04 Å². The van der Waals surface area contributed by atoms with Crippen LogP contribution in [0.15, 0.2) is 36.8 Å². The van der Waals surface area contributed by atoms with Crippen molar-refractivity contribution in [1.82, 2.24) is 9.55 Å². The van der Waals surface area contributed by atoms with Crippen LogP contribution in [0.2, 0.25) is 0 Å². The first-order valence-corrected chi connectivity index (χ1v) is 5.51. The summed E-state index contributed by atoms with van der Waals surface area (Å²) in [6.45, 7) is 0. The first kappa shape index (κ1) is 12.0. The van der Waals surface area contributed by atoms with Gasteiger partial charge in [-0.25, -0.2) is 4.98 Å². The van der Waals surface area contributed by atoms with Crippen molar-refractivity contribution in [2.24, 2.45) is 7.05 Å². The number of imidazole rings is 1. The Morgan fingerprint density at radius 3 is 2.61 bits per heavy atom. The lowest BCUT2D eigenvalue weighted by Gasteiger charge is -2.13. The van der Waals surface area contributed by atoms with Crippen molar-refractivity contribution in [2.45, 2.75) is 6.04 Å². The molecule has 1 atom stereocenters. The zero-order valence-electron chi connectivity index (χ0n) is 10.3. The highest BCUT2D eigenvalue weighted by Gasteiger charge is 2.13. The van der Waals surface area contributed by atoms with E-state index in [4.69, 9.17) is 4.74 Å². The Morgan fingerprint density at radius 1 is 1.39 bits per heavy atom. The molecule has 0 radical (unpaired) electrons. The number of ether oxygens (including phenoxy) is 1. The summed E-state index contributed by atoms with van der Waals surface area (Å²) in [5.74, 6) is 0.787. The van der Waals surface area contributed by atoms with Gasteiger partial charge in [0.05, 0.1) is 31.4 Å². The maximum Gasteiger partial charge on any atom is 0.156 e. The summed E-state index contributed by atoms with van der Waals surface area (Å²) in [4.78, 5) is 4.01. The van der Waals surface area contributed by atoms with Crippen molar-refractivity contribution in [3.63, 3.8) is 0 Å². The number of benzene rings is 1. The SMILES string of the molecule is COc1ccc(NC(C#N)c2cncn2C)cc1. The van der Waals surface area contributed by atoms with Gasteiger partial charge >= 0.3 is 0 Å². The van der Waals surface area contributed by atoms with Gasteiger partial charge in [-0.2, -0.15) is 5.26 Å². The molecule has 1 N–H and O–H groups in total. The first-order valence-electron chi connectivity index (χ1n) is 5.51. The van der Waals surface area contributed by atoms with E-state index < -0.39 is 6.04 Å². The molecular weight excluding hydrogens is 228 g/mol. The second-order valence-electron chi connectivity index (χ2n) is 3.86. The number of anilines is 1. The molecule has 0 bridgehead atoms. The third kappa shape index (κ3) is 2.43. The van der Waals surface area contributed by atoms with Crippen LogP contribution in [0.3, 0.4) is 0 Å². The van der Waals surface area contributed by atoms with Crippen molar-refractivity contribution in [2.75, 3.05) is 12.4 Å². The van der Waals surface area contributed by atoms with Crippen LogP contribution in [0.5, 0.6) is 5.75 Å². The summed E-state index contributed by atoms with van der Waals surface area (Å²) in [5.41, 5.74) is 1.69. The second-order valence-corrected chi connectivity index (χ2v) is 3.86. The van der Waals surface area contributed by atoms with Crippen molar-refractivity contribution in [1.29, 1.82) is 5.26 Å². The molecule has 0 fully saturated rings. The van der Waals surface area contributed by atoms with Crippen LogP contribution in [0, 0.1) is 11.3 Å². The molecule has 18 heavy (non-hydrogen) atoms. The largest absolute Gasteiger partial charge is 0.497 e. The smallest absolute Gasteiger partial charge is 0.156 e. The van der Waals surface area contributed by atoms with E-state index in [0.29, 0.717) is 0 Å². The number of nitriles is 1. The first-order chi connectivity index (χ1) is 8.74. The average Bonchev–Trinajstić information content (AvgIpc) is 2.83. The van der Waals surface area contributed by atoms with E-state index in [2.05, 4.69) is 16.4 Å². The van der Waals surface area contributed by atoms with Gasteiger partial charge in [0.2, 0.25) is 0 Å². The van der Waals surface area contributed by atoms with Gasteiger partial charge < -0.3 is 14.6 Å². The molecular formula is C13H14N4O. The van der Waals surface area contributed by atoms with Crippen LogP contribution in [0.1, 0.15) is 11.7 Å². The second kappa shape index (κ2) is 5.23. The number of aromatic nitrogens is 2. The number of hydrogen-bond donors (Lipinski definition) is 1. The quantitative estimate of drug-likeness (QED) is 0.891. The summed E-state index contributed by atoms with van der Waals surface area (Å²) in [6.07, 6.45) is 3.36. The van der Waals surface area contributed by atoms with E-state index in [-0.39, 0.29) is 0 Å². The maximum absolute atomic E-state index is 9.21. The zero-order chi connectivity index (χ0) is 13.0. The van der Waals surface area contributed by atoms with E-state index >= 15 is 0 Å². The minimum absolute atomic E-state index is 0.425. The number of hydrogen-bond acceptors (Lipinski definition) is 4. The van der Waals surface area contributed by atoms with Crippen molar-refractivity contribution in [3.05, 3.63) is 42.5 Å². The molecule has 2 rings (SSSR count). The molecule has 0 aliphatic heterocycles. The highest BCUT2D eigenvalue weighted by molar-refractivity contribution is 5.49. The molecule has 5 heteroatoms. The van der Waals surface area contributed by atoms with Crippen molar-refractivity contribution in [3.8, 4) is 11.8 Å². The zero-order valence-corrected chi connectivity index (χ0v) is 10.3. The van der Waals surface area contributed by atoms with E-state index in [1.807, 2.05) is 35.9 Å². The standard InChI is InChI=1S/C13H14N4O/c1-17-9-15-8-13(17)12(7-14)16-10-3-5-11(18-2)6-4-10/h3-6,8-9,12,16H,1-2H3. The van der Waals surface area contributed by atoms with E-state index in [1.165, 1.54) is 0 Å². The lowest BCUT2D eigenvalue weighted by atomic mass is 10.2. The summed E-state index contributed by atoms with van der Waals surface area (Å²) in [7, 11) is 3.48. The summed E-state index contributed by atoms with van der Waals surface area (Å²) in [6, 6.07) is 9.24. The molecule has 0 saturated carbocycles. The Kier molecular flexibility index (Phi) is 3.49. The minimum Gasteiger partial charge on any atom is -0.497 e. The van der Waals surface area contributed by atoms with Crippen molar-refractivity contribution < 1.29 is 4.74 Å². The monoisotopic (exact) mass is 242 g/mol. The molecule has 1 aromatic heterocycles. The minimum atomic E-state index is -0.425. The average molecular weight is 242 g/mol. The van der Waals surface area contributed by atoms with Gasteiger partial charge in [-0.1, -0.05) is 0 Å². The number of rotatable bonds is 4. The number of nitrogens with one attached hydrogen (secondary N) is 1. The fourth-order valence-electron chi connectivity index (χ4n) is 1.67. The van der Waals surface area contributed by atoms with Gasteiger partial charge in [0.1, 0.15) is 5.75 Å². The highest BCUT2D eigenvalue weighted by atomic mass is 16.5. The Balaban J connectivity index is 2.16. The molecule has 0 aliphatic rings. The predicted molar refractivity (Wildman–Crippen MR) is 68.2 cm³/mol. The molecule has 1 unspecified atom stereocenters. The highest BCUT2D eigenvalue weighted by Crippen LogP contribution is 2.20. The van der Waals surface area contributed by atoms with E-state index in [1.54, 1.807) is 19.6 Å². The van der Waals surface area contributed by atoms with Gasteiger partial charge in [-0.05, 0) is 24.3 Å². The van der Waals surface area contributed by atoms with Crippen LogP contribution in [0.4, 0.5) is 5.69 Å². The Labute approximate surface area is 106 Å². The van der Waals surface area contributed by atoms with Crippen molar-refractivity contribution >= 4 is 5.69 Å². The molecule has 0 aliphatic carbocycles. The third-order valence-corrected chi connectivity index (χ3v) is 2.68. The fourth-order valence-corrected chi connectivity index (χ4v) is 1.67. The summed E-state index contributed by atoms with van der Waals surface area (Å²) in [5, 5.41) is 12.4. The Hall–Kier alpha value is -2.48. The Bertz CT molecular complexity index is 553.